The Kier molecular flexibility index (Phi) is 2.23. The lowest BCUT2D eigenvalue weighted by Crippen LogP contribution is -2.29. The van der Waals surface area contributed by atoms with Crippen molar-refractivity contribution in [1.82, 2.24) is 0 Å². The van der Waals surface area contributed by atoms with Gasteiger partial charge in [0.15, 0.2) is 0 Å². The monoisotopic (exact) mass is 119 g/mol. The van der Waals surface area contributed by atoms with Crippen molar-refractivity contribution in [2.75, 3.05) is 13.2 Å². The fourth-order valence-electron chi connectivity index (χ4n) is 0.502. The van der Waals surface area contributed by atoms with E-state index >= 15 is 0 Å². The van der Waals surface area contributed by atoms with Crippen LogP contribution >= 0.6 is 0 Å². The van der Waals surface area contributed by atoms with Crippen LogP contribution in [0.3, 0.4) is 0 Å². The van der Waals surface area contributed by atoms with Crippen LogP contribution in [0, 0.1) is 0 Å². The summed E-state index contributed by atoms with van der Waals surface area (Å²) in [7, 11) is 0. The molecule has 8 heavy (non-hydrogen) atoms. The normalized spacial score (nSPS) is 30.4. The van der Waals surface area contributed by atoms with Crippen LogP contribution in [0.15, 0.2) is 0 Å². The summed E-state index contributed by atoms with van der Waals surface area (Å²) >= 11 is 0. The Morgan fingerprint density at radius 2 is 2.50 bits per heavy atom. The van der Waals surface area contributed by atoms with E-state index in [2.05, 4.69) is 14.8 Å². The summed E-state index contributed by atoms with van der Waals surface area (Å²) in [6, 6.07) is 0. The van der Waals surface area contributed by atoms with E-state index in [0.717, 1.165) is 6.42 Å². The van der Waals surface area contributed by atoms with Gasteiger partial charge in [0, 0.05) is 13.0 Å². The van der Waals surface area contributed by atoms with Crippen molar-refractivity contribution in [3.05, 3.63) is 0 Å². The van der Waals surface area contributed by atoms with Crippen molar-refractivity contribution in [2.45, 2.75) is 12.5 Å². The molecule has 1 fully saturated rings. The molecule has 0 aliphatic carbocycles. The summed E-state index contributed by atoms with van der Waals surface area (Å²) in [6.07, 6.45) is 0.833. The van der Waals surface area contributed by atoms with Crippen molar-refractivity contribution < 1.29 is 14.8 Å². The molecule has 0 radical (unpaired) electrons. The molecule has 4 heteroatoms. The van der Waals surface area contributed by atoms with Crippen molar-refractivity contribution in [3.63, 3.8) is 0 Å². The third-order valence-electron chi connectivity index (χ3n) is 1.01. The van der Waals surface area contributed by atoms with E-state index in [1.807, 2.05) is 0 Å². The highest BCUT2D eigenvalue weighted by molar-refractivity contribution is 4.55. The molecule has 1 atom stereocenters. The Hall–Kier alpha value is -0.160. The highest BCUT2D eigenvalue weighted by Gasteiger charge is 2.13. The van der Waals surface area contributed by atoms with Crippen LogP contribution in [0.4, 0.5) is 0 Å². The van der Waals surface area contributed by atoms with Gasteiger partial charge >= 0.3 is 0 Å². The van der Waals surface area contributed by atoms with E-state index in [1.165, 1.54) is 0 Å². The third kappa shape index (κ3) is 1.41. The standard InChI is InChI=1S/C4H9NO3/c5-3-4-1-2-6-8-7-4/h4H,1-3,5H2. The van der Waals surface area contributed by atoms with E-state index in [-0.39, 0.29) is 6.10 Å². The maximum absolute atomic E-state index is 5.24. The van der Waals surface area contributed by atoms with Gasteiger partial charge in [0.05, 0.1) is 6.61 Å². The number of nitrogens with two attached hydrogens (primary N) is 1. The van der Waals surface area contributed by atoms with Crippen LogP contribution in [-0.2, 0) is 14.8 Å². The smallest absolute Gasteiger partial charge is 0.111 e. The number of hydrogen-bond acceptors (Lipinski definition) is 4. The first-order chi connectivity index (χ1) is 3.93. The molecule has 1 unspecified atom stereocenters. The minimum Gasteiger partial charge on any atom is -0.328 e. The van der Waals surface area contributed by atoms with Gasteiger partial charge in [-0.3, -0.25) is 0 Å². The Labute approximate surface area is 47.4 Å². The van der Waals surface area contributed by atoms with Crippen LogP contribution in [-0.4, -0.2) is 19.3 Å². The molecule has 0 spiro atoms. The molecule has 4 nitrogen and oxygen atoms in total. The first-order valence-corrected chi connectivity index (χ1v) is 2.58. The fourth-order valence-corrected chi connectivity index (χ4v) is 0.502. The molecule has 1 heterocycles. The molecular weight excluding hydrogens is 110 g/mol. The average molecular weight is 119 g/mol. The van der Waals surface area contributed by atoms with Gasteiger partial charge in [-0.25, -0.2) is 9.78 Å². The zero-order valence-electron chi connectivity index (χ0n) is 4.50. The number of rotatable bonds is 1. The van der Waals surface area contributed by atoms with Gasteiger partial charge in [-0.15, -0.1) is 0 Å². The lowest BCUT2D eigenvalue weighted by Gasteiger charge is -2.17. The minimum atomic E-state index is 0.0174. The summed E-state index contributed by atoms with van der Waals surface area (Å²) in [5, 5.41) is 4.19. The molecule has 0 amide bonds. The second-order valence-corrected chi connectivity index (χ2v) is 1.63. The molecule has 0 aromatic rings. The van der Waals surface area contributed by atoms with Gasteiger partial charge in [-0.05, 0) is 0 Å². The number of hydrogen-bond donors (Lipinski definition) is 1. The molecular formula is C4H9NO3. The fraction of sp³-hybridized carbons (Fsp3) is 1.00. The van der Waals surface area contributed by atoms with Crippen LogP contribution < -0.4 is 5.73 Å². The third-order valence-corrected chi connectivity index (χ3v) is 1.01. The Morgan fingerprint density at radius 1 is 1.62 bits per heavy atom. The van der Waals surface area contributed by atoms with E-state index in [1.54, 1.807) is 0 Å². The molecule has 1 aliphatic heterocycles. The van der Waals surface area contributed by atoms with Crippen LogP contribution in [0.5, 0.6) is 0 Å². The zero-order chi connectivity index (χ0) is 5.82. The van der Waals surface area contributed by atoms with E-state index in [4.69, 9.17) is 5.73 Å². The van der Waals surface area contributed by atoms with Gasteiger partial charge in [-0.1, -0.05) is 5.04 Å². The molecule has 0 saturated carbocycles. The van der Waals surface area contributed by atoms with E-state index < -0.39 is 0 Å². The molecule has 1 rings (SSSR count). The largest absolute Gasteiger partial charge is 0.328 e. The van der Waals surface area contributed by atoms with E-state index in [9.17, 15) is 0 Å². The van der Waals surface area contributed by atoms with Crippen LogP contribution in [0.1, 0.15) is 6.42 Å². The molecule has 0 aromatic heterocycles. The van der Waals surface area contributed by atoms with Crippen LogP contribution in [0.25, 0.3) is 0 Å². The van der Waals surface area contributed by atoms with Gasteiger partial charge in [-0.2, -0.15) is 0 Å². The quantitative estimate of drug-likeness (QED) is 0.477. The van der Waals surface area contributed by atoms with Gasteiger partial charge < -0.3 is 5.73 Å². The van der Waals surface area contributed by atoms with E-state index in [0.29, 0.717) is 13.2 Å². The highest BCUT2D eigenvalue weighted by atomic mass is 17.5. The Morgan fingerprint density at radius 3 is 2.88 bits per heavy atom. The predicted molar refractivity (Wildman–Crippen MR) is 25.6 cm³/mol. The molecule has 0 aromatic carbocycles. The van der Waals surface area contributed by atoms with Crippen molar-refractivity contribution in [1.29, 1.82) is 0 Å². The van der Waals surface area contributed by atoms with Gasteiger partial charge in [0.1, 0.15) is 6.10 Å². The highest BCUT2D eigenvalue weighted by Crippen LogP contribution is 2.04. The lowest BCUT2D eigenvalue weighted by atomic mass is 10.3. The molecule has 0 bridgehead atoms. The summed E-state index contributed by atoms with van der Waals surface area (Å²) in [5.41, 5.74) is 5.24. The lowest BCUT2D eigenvalue weighted by molar-refractivity contribution is -0.547. The summed E-state index contributed by atoms with van der Waals surface area (Å²) < 4.78 is 0. The van der Waals surface area contributed by atoms with Crippen molar-refractivity contribution in [3.8, 4) is 0 Å². The summed E-state index contributed by atoms with van der Waals surface area (Å²) in [5.74, 6) is 0. The van der Waals surface area contributed by atoms with Crippen molar-refractivity contribution in [2.24, 2.45) is 5.73 Å². The van der Waals surface area contributed by atoms with Crippen molar-refractivity contribution >= 4 is 0 Å². The maximum Gasteiger partial charge on any atom is 0.111 e. The topological polar surface area (TPSA) is 53.7 Å². The SMILES string of the molecule is NCC1CCOOO1. The summed E-state index contributed by atoms with van der Waals surface area (Å²) in [6.45, 7) is 1.06. The van der Waals surface area contributed by atoms with Gasteiger partial charge in [0.25, 0.3) is 0 Å². The van der Waals surface area contributed by atoms with Gasteiger partial charge in [0.2, 0.25) is 0 Å². The zero-order valence-corrected chi connectivity index (χ0v) is 4.50. The average Bonchev–Trinajstić information content (AvgIpc) is 1.90. The maximum atomic E-state index is 5.24. The Bertz CT molecular complexity index is 62.3. The first kappa shape index (κ1) is 5.97. The molecule has 2 N–H and O–H groups in total. The second-order valence-electron chi connectivity index (χ2n) is 1.63. The minimum absolute atomic E-state index is 0.0174. The Balaban J connectivity index is 2.13. The molecule has 1 saturated heterocycles. The van der Waals surface area contributed by atoms with Crippen LogP contribution in [0.2, 0.25) is 0 Å². The second kappa shape index (κ2) is 2.99. The molecule has 1 aliphatic rings. The molecule has 48 valence electrons. The summed E-state index contributed by atoms with van der Waals surface area (Å²) in [4.78, 5) is 9.00. The predicted octanol–water partition coefficient (Wildman–Crippen LogP) is -0.403. The first-order valence-electron chi connectivity index (χ1n) is 2.58.